The van der Waals surface area contributed by atoms with E-state index in [2.05, 4.69) is 70.6 Å². The van der Waals surface area contributed by atoms with Crippen LogP contribution >= 0.6 is 11.6 Å². The van der Waals surface area contributed by atoms with Gasteiger partial charge in [0.1, 0.15) is 0 Å². The van der Waals surface area contributed by atoms with Crippen LogP contribution in [-0.2, 0) is 5.41 Å². The van der Waals surface area contributed by atoms with Crippen molar-refractivity contribution in [2.24, 2.45) is 0 Å². The summed E-state index contributed by atoms with van der Waals surface area (Å²) in [6.07, 6.45) is 6.21. The predicted molar refractivity (Wildman–Crippen MR) is 150 cm³/mol. The first-order valence-corrected chi connectivity index (χ1v) is 13.4. The molecule has 0 atom stereocenters. The van der Waals surface area contributed by atoms with Gasteiger partial charge in [0.15, 0.2) is 11.6 Å². The third-order valence-electron chi connectivity index (χ3n) is 8.09. The maximum atomic E-state index is 6.52. The van der Waals surface area contributed by atoms with Crippen molar-refractivity contribution in [3.8, 4) is 45.0 Å². The minimum atomic E-state index is 0.0831. The summed E-state index contributed by atoms with van der Waals surface area (Å²) in [6.45, 7) is 0. The molecule has 180 valence electrons. The van der Waals surface area contributed by atoms with E-state index in [0.29, 0.717) is 11.6 Å². The Bertz CT molecular complexity index is 1620. The van der Waals surface area contributed by atoms with Crippen LogP contribution < -0.4 is 0 Å². The Morgan fingerprint density at radius 1 is 0.514 bits per heavy atom. The predicted octanol–water partition coefficient (Wildman–Crippen LogP) is 8.76. The van der Waals surface area contributed by atoms with Gasteiger partial charge in [0, 0.05) is 16.5 Å². The molecule has 1 fully saturated rings. The molecule has 0 aliphatic heterocycles. The molecule has 7 rings (SSSR count). The lowest BCUT2D eigenvalue weighted by molar-refractivity contribution is 0.353. The SMILES string of the molecule is Clc1nc(-c2ccc3c(c2)C2(CCCCC2)c2ccccc2-3)nc(-c2ccccc2-c2ccccc2)n1. The first kappa shape index (κ1) is 22.4. The largest absolute Gasteiger partial charge is 0.226 e. The lowest BCUT2D eigenvalue weighted by atomic mass is 9.67. The van der Waals surface area contributed by atoms with E-state index < -0.39 is 0 Å². The van der Waals surface area contributed by atoms with Crippen LogP contribution in [0.15, 0.2) is 97.1 Å². The number of halogens is 1. The van der Waals surface area contributed by atoms with Gasteiger partial charge in [-0.3, -0.25) is 0 Å². The summed E-state index contributed by atoms with van der Waals surface area (Å²) >= 11 is 6.52. The Balaban J connectivity index is 1.37. The standard InChI is InChI=1S/C33H26ClN3/c34-32-36-30(35-31(37-32)27-15-6-5-13-24(27)22-11-3-1-4-12-22)23-17-18-26-25-14-7-8-16-28(25)33(29(26)21-23)19-9-2-10-20-33/h1,3-8,11-18,21H,2,9-10,19-20H2. The van der Waals surface area contributed by atoms with Gasteiger partial charge >= 0.3 is 0 Å². The Morgan fingerprint density at radius 2 is 1.16 bits per heavy atom. The van der Waals surface area contributed by atoms with E-state index >= 15 is 0 Å². The van der Waals surface area contributed by atoms with Gasteiger partial charge < -0.3 is 0 Å². The average Bonchev–Trinajstić information content (AvgIpc) is 3.22. The van der Waals surface area contributed by atoms with E-state index in [9.17, 15) is 0 Å². The van der Waals surface area contributed by atoms with Crippen molar-refractivity contribution in [1.29, 1.82) is 0 Å². The van der Waals surface area contributed by atoms with Crippen LogP contribution in [0.4, 0.5) is 0 Å². The fourth-order valence-corrected chi connectivity index (χ4v) is 6.60. The molecule has 4 aromatic carbocycles. The maximum absolute atomic E-state index is 6.52. The van der Waals surface area contributed by atoms with Crippen LogP contribution in [0.2, 0.25) is 5.28 Å². The number of fused-ring (bicyclic) bond motifs is 5. The highest BCUT2D eigenvalue weighted by atomic mass is 35.5. The summed E-state index contributed by atoms with van der Waals surface area (Å²) in [6, 6.07) is 34.2. The molecule has 1 heterocycles. The van der Waals surface area contributed by atoms with E-state index in [1.165, 1.54) is 54.4 Å². The van der Waals surface area contributed by atoms with Crippen molar-refractivity contribution in [3.05, 3.63) is 113 Å². The van der Waals surface area contributed by atoms with E-state index in [-0.39, 0.29) is 10.7 Å². The molecule has 37 heavy (non-hydrogen) atoms. The smallest absolute Gasteiger partial charge is 0.208 e. The summed E-state index contributed by atoms with van der Waals surface area (Å²) in [5.41, 5.74) is 9.80. The first-order chi connectivity index (χ1) is 18.2. The zero-order valence-corrected chi connectivity index (χ0v) is 21.2. The summed E-state index contributed by atoms with van der Waals surface area (Å²) in [5, 5.41) is 0.207. The number of nitrogens with zero attached hydrogens (tertiary/aromatic N) is 3. The van der Waals surface area contributed by atoms with Crippen LogP contribution in [0.25, 0.3) is 45.0 Å². The van der Waals surface area contributed by atoms with E-state index in [1.807, 2.05) is 36.4 Å². The number of rotatable bonds is 3. The number of hydrogen-bond donors (Lipinski definition) is 0. The van der Waals surface area contributed by atoms with Crippen molar-refractivity contribution < 1.29 is 0 Å². The highest BCUT2D eigenvalue weighted by molar-refractivity contribution is 6.28. The zero-order chi connectivity index (χ0) is 24.8. The second-order valence-electron chi connectivity index (χ2n) is 10.1. The molecule has 1 aromatic heterocycles. The Kier molecular flexibility index (Phi) is 5.40. The normalized spacial score (nSPS) is 15.4. The monoisotopic (exact) mass is 499 g/mol. The lowest BCUT2D eigenvalue weighted by Gasteiger charge is -2.36. The quantitative estimate of drug-likeness (QED) is 0.249. The lowest BCUT2D eigenvalue weighted by Crippen LogP contribution is -2.28. The van der Waals surface area contributed by atoms with Gasteiger partial charge in [-0.05, 0) is 63.9 Å². The highest BCUT2D eigenvalue weighted by Gasteiger charge is 2.43. The third-order valence-corrected chi connectivity index (χ3v) is 8.26. The molecule has 0 radical (unpaired) electrons. The Morgan fingerprint density at radius 3 is 1.97 bits per heavy atom. The molecule has 0 saturated heterocycles. The number of hydrogen-bond acceptors (Lipinski definition) is 3. The summed E-state index contributed by atoms with van der Waals surface area (Å²) in [5.74, 6) is 1.20. The third kappa shape index (κ3) is 3.69. The van der Waals surface area contributed by atoms with Gasteiger partial charge in [0.2, 0.25) is 5.28 Å². The van der Waals surface area contributed by atoms with E-state index in [4.69, 9.17) is 16.6 Å². The van der Waals surface area contributed by atoms with Gasteiger partial charge in [-0.15, -0.1) is 0 Å². The van der Waals surface area contributed by atoms with E-state index in [0.717, 1.165) is 22.3 Å². The van der Waals surface area contributed by atoms with Crippen LogP contribution in [-0.4, -0.2) is 15.0 Å². The maximum Gasteiger partial charge on any atom is 0.226 e. The van der Waals surface area contributed by atoms with Gasteiger partial charge in [-0.2, -0.15) is 9.97 Å². The van der Waals surface area contributed by atoms with E-state index in [1.54, 1.807) is 0 Å². The van der Waals surface area contributed by atoms with Gasteiger partial charge in [0.25, 0.3) is 0 Å². The molecular formula is C33H26ClN3. The molecule has 0 amide bonds. The minimum absolute atomic E-state index is 0.0831. The van der Waals surface area contributed by atoms with Crippen LogP contribution in [0.1, 0.15) is 43.2 Å². The molecule has 2 aliphatic carbocycles. The Hall–Kier alpha value is -3.82. The molecule has 0 bridgehead atoms. The van der Waals surface area contributed by atoms with Crippen molar-refractivity contribution in [2.45, 2.75) is 37.5 Å². The van der Waals surface area contributed by atoms with Gasteiger partial charge in [-0.1, -0.05) is 110 Å². The van der Waals surface area contributed by atoms with Crippen molar-refractivity contribution >= 4 is 11.6 Å². The zero-order valence-electron chi connectivity index (χ0n) is 20.5. The van der Waals surface area contributed by atoms with Crippen molar-refractivity contribution in [3.63, 3.8) is 0 Å². The molecule has 1 saturated carbocycles. The molecule has 5 aromatic rings. The molecular weight excluding hydrogens is 474 g/mol. The van der Waals surface area contributed by atoms with Crippen LogP contribution in [0.3, 0.4) is 0 Å². The summed E-state index contributed by atoms with van der Waals surface area (Å²) in [7, 11) is 0. The molecule has 3 nitrogen and oxygen atoms in total. The van der Waals surface area contributed by atoms with Crippen molar-refractivity contribution in [1.82, 2.24) is 15.0 Å². The summed E-state index contributed by atoms with van der Waals surface area (Å²) < 4.78 is 0. The fourth-order valence-electron chi connectivity index (χ4n) is 6.44. The first-order valence-electron chi connectivity index (χ1n) is 13.0. The van der Waals surface area contributed by atoms with Crippen LogP contribution in [0, 0.1) is 0 Å². The molecule has 4 heteroatoms. The average molecular weight is 500 g/mol. The molecule has 0 N–H and O–H groups in total. The highest BCUT2D eigenvalue weighted by Crippen LogP contribution is 2.56. The fraction of sp³-hybridized carbons (Fsp3) is 0.182. The molecule has 1 spiro atoms. The molecule has 0 unspecified atom stereocenters. The number of aromatic nitrogens is 3. The second-order valence-corrected chi connectivity index (χ2v) is 10.5. The number of benzene rings is 4. The van der Waals surface area contributed by atoms with Gasteiger partial charge in [-0.25, -0.2) is 4.98 Å². The van der Waals surface area contributed by atoms with Crippen molar-refractivity contribution in [2.75, 3.05) is 0 Å². The van der Waals surface area contributed by atoms with Gasteiger partial charge in [0.05, 0.1) is 0 Å². The summed E-state index contributed by atoms with van der Waals surface area (Å²) in [4.78, 5) is 14.1. The molecule has 2 aliphatic rings. The van der Waals surface area contributed by atoms with Crippen LogP contribution in [0.5, 0.6) is 0 Å². The topological polar surface area (TPSA) is 38.7 Å². The Labute approximate surface area is 222 Å². The second kappa shape index (κ2) is 8.93. The minimum Gasteiger partial charge on any atom is -0.208 e.